The van der Waals surface area contributed by atoms with Crippen molar-refractivity contribution in [2.75, 3.05) is 0 Å². The van der Waals surface area contributed by atoms with Crippen LogP contribution in [0.1, 0.15) is 17.5 Å². The number of ether oxygens (including phenoxy) is 1. The first-order valence-corrected chi connectivity index (χ1v) is 7.40. The quantitative estimate of drug-likeness (QED) is 0.663. The van der Waals surface area contributed by atoms with Crippen LogP contribution >= 0.6 is 0 Å². The number of nitrogens with two attached hydrogens (primary N) is 1. The molecule has 0 aliphatic rings. The Morgan fingerprint density at radius 3 is 2.12 bits per heavy atom. The van der Waals surface area contributed by atoms with Crippen LogP contribution in [0.4, 0.5) is 0 Å². The largest absolute Gasteiger partial charge is 0.479 e. The number of carboxylic acids is 1. The molecule has 0 spiro atoms. The Morgan fingerprint density at radius 1 is 1.04 bits per heavy atom. The van der Waals surface area contributed by atoms with E-state index in [1.165, 1.54) is 0 Å². The summed E-state index contributed by atoms with van der Waals surface area (Å²) in [7, 11) is 0. The maximum Gasteiger partial charge on any atom is 0.332 e. The van der Waals surface area contributed by atoms with E-state index in [9.17, 15) is 14.7 Å². The molecule has 0 amide bonds. The van der Waals surface area contributed by atoms with Crippen LogP contribution in [0.15, 0.2) is 60.7 Å². The smallest absolute Gasteiger partial charge is 0.332 e. The molecule has 2 aromatic rings. The summed E-state index contributed by atoms with van der Waals surface area (Å²) in [6.07, 6.45) is -2.26. The van der Waals surface area contributed by atoms with Gasteiger partial charge in [0.15, 0.2) is 6.10 Å². The zero-order valence-electron chi connectivity index (χ0n) is 13.0. The van der Waals surface area contributed by atoms with E-state index in [0.717, 1.165) is 5.56 Å². The Bertz CT molecular complexity index is 689. The molecule has 6 heteroatoms. The summed E-state index contributed by atoms with van der Waals surface area (Å²) in [5, 5.41) is 18.6. The lowest BCUT2D eigenvalue weighted by Crippen LogP contribution is -2.49. The third-order valence-electron chi connectivity index (χ3n) is 3.67. The standard InChI is InChI=1S/C18H19NO5/c19-18(11-15(20)16(21)22,14-9-5-2-6-10-14)17(23)24-12-13-7-3-1-4-8-13/h1-10,15,20H,11-12,19H2,(H,21,22). The summed E-state index contributed by atoms with van der Waals surface area (Å²) in [6.45, 7) is 0.00856. The highest BCUT2D eigenvalue weighted by Gasteiger charge is 2.41. The Kier molecular flexibility index (Phi) is 5.68. The molecule has 6 nitrogen and oxygen atoms in total. The maximum atomic E-state index is 12.5. The molecule has 4 N–H and O–H groups in total. The van der Waals surface area contributed by atoms with Crippen molar-refractivity contribution in [1.82, 2.24) is 0 Å². The van der Waals surface area contributed by atoms with Crippen LogP contribution in [0.3, 0.4) is 0 Å². The molecule has 0 aliphatic carbocycles. The number of hydrogen-bond acceptors (Lipinski definition) is 5. The van der Waals surface area contributed by atoms with Crippen LogP contribution in [0.5, 0.6) is 0 Å². The molecule has 2 rings (SSSR count). The number of esters is 1. The molecule has 0 saturated carbocycles. The fourth-order valence-electron chi connectivity index (χ4n) is 2.30. The monoisotopic (exact) mass is 329 g/mol. The molecule has 0 saturated heterocycles. The van der Waals surface area contributed by atoms with E-state index in [4.69, 9.17) is 15.6 Å². The Hall–Kier alpha value is -2.70. The molecule has 126 valence electrons. The average Bonchev–Trinajstić information content (AvgIpc) is 2.61. The zero-order chi connectivity index (χ0) is 17.6. The molecule has 0 radical (unpaired) electrons. The van der Waals surface area contributed by atoms with Crippen LogP contribution in [-0.4, -0.2) is 28.3 Å². The van der Waals surface area contributed by atoms with Gasteiger partial charge in [0.2, 0.25) is 0 Å². The SMILES string of the molecule is NC(CC(O)C(=O)O)(C(=O)OCc1ccccc1)c1ccccc1. The Labute approximate surface area is 139 Å². The van der Waals surface area contributed by atoms with Crippen LogP contribution in [-0.2, 0) is 26.5 Å². The number of hydrogen-bond donors (Lipinski definition) is 3. The number of carbonyl (C=O) groups is 2. The molecular formula is C18H19NO5. The van der Waals surface area contributed by atoms with Gasteiger partial charge in [-0.05, 0) is 11.1 Å². The van der Waals surface area contributed by atoms with Crippen molar-refractivity contribution >= 4 is 11.9 Å². The van der Waals surface area contributed by atoms with E-state index in [1.54, 1.807) is 42.5 Å². The molecule has 0 heterocycles. The van der Waals surface area contributed by atoms with E-state index >= 15 is 0 Å². The van der Waals surface area contributed by atoms with Crippen molar-refractivity contribution in [2.24, 2.45) is 5.73 Å². The van der Waals surface area contributed by atoms with Crippen molar-refractivity contribution in [3.8, 4) is 0 Å². The van der Waals surface area contributed by atoms with Gasteiger partial charge in [-0.15, -0.1) is 0 Å². The predicted molar refractivity (Wildman–Crippen MR) is 86.8 cm³/mol. The van der Waals surface area contributed by atoms with Crippen LogP contribution in [0.25, 0.3) is 0 Å². The average molecular weight is 329 g/mol. The third-order valence-corrected chi connectivity index (χ3v) is 3.67. The minimum Gasteiger partial charge on any atom is -0.479 e. The second kappa shape index (κ2) is 7.72. The fourth-order valence-corrected chi connectivity index (χ4v) is 2.30. The highest BCUT2D eigenvalue weighted by atomic mass is 16.5. The Balaban J connectivity index is 2.21. The number of carbonyl (C=O) groups excluding carboxylic acids is 1. The first kappa shape index (κ1) is 17.7. The van der Waals surface area contributed by atoms with E-state index < -0.39 is 30.0 Å². The molecule has 0 aromatic heterocycles. The van der Waals surface area contributed by atoms with E-state index in [1.807, 2.05) is 18.2 Å². The van der Waals surface area contributed by atoms with Crippen molar-refractivity contribution in [3.05, 3.63) is 71.8 Å². The molecule has 2 aromatic carbocycles. The highest BCUT2D eigenvalue weighted by Crippen LogP contribution is 2.26. The van der Waals surface area contributed by atoms with Crippen molar-refractivity contribution in [3.63, 3.8) is 0 Å². The molecule has 2 atom stereocenters. The lowest BCUT2D eigenvalue weighted by atomic mass is 9.85. The van der Waals surface area contributed by atoms with E-state index in [-0.39, 0.29) is 6.61 Å². The van der Waals surface area contributed by atoms with Gasteiger partial charge in [-0.3, -0.25) is 0 Å². The summed E-state index contributed by atoms with van der Waals surface area (Å²) in [5.41, 5.74) is 5.57. The lowest BCUT2D eigenvalue weighted by molar-refractivity contribution is -0.156. The Morgan fingerprint density at radius 2 is 1.58 bits per heavy atom. The summed E-state index contributed by atoms with van der Waals surface area (Å²) in [4.78, 5) is 23.5. The normalized spacial score (nSPS) is 14.4. The minimum absolute atomic E-state index is 0.00856. The molecular weight excluding hydrogens is 310 g/mol. The first-order chi connectivity index (χ1) is 11.4. The van der Waals surface area contributed by atoms with Gasteiger partial charge in [0.1, 0.15) is 12.1 Å². The molecule has 0 aliphatic heterocycles. The van der Waals surface area contributed by atoms with Crippen LogP contribution < -0.4 is 5.73 Å². The number of benzene rings is 2. The molecule has 0 bridgehead atoms. The molecule has 24 heavy (non-hydrogen) atoms. The lowest BCUT2D eigenvalue weighted by Gasteiger charge is -2.28. The van der Waals surface area contributed by atoms with Crippen LogP contribution in [0.2, 0.25) is 0 Å². The van der Waals surface area contributed by atoms with Crippen molar-refractivity contribution in [1.29, 1.82) is 0 Å². The van der Waals surface area contributed by atoms with Gasteiger partial charge in [-0.2, -0.15) is 0 Å². The number of aliphatic hydroxyl groups excluding tert-OH is 1. The second-order valence-corrected chi connectivity index (χ2v) is 5.46. The van der Waals surface area contributed by atoms with Gasteiger partial charge in [0.25, 0.3) is 0 Å². The molecule has 0 fully saturated rings. The summed E-state index contributed by atoms with van der Waals surface area (Å²) in [6, 6.07) is 17.3. The van der Waals surface area contributed by atoms with Gasteiger partial charge in [0.05, 0.1) is 0 Å². The summed E-state index contributed by atoms with van der Waals surface area (Å²) < 4.78 is 5.26. The third kappa shape index (κ3) is 4.18. The predicted octanol–water partition coefficient (Wildman–Crippen LogP) is 1.42. The highest BCUT2D eigenvalue weighted by molar-refractivity contribution is 5.84. The van der Waals surface area contributed by atoms with E-state index in [2.05, 4.69) is 0 Å². The number of aliphatic carboxylic acids is 1. The van der Waals surface area contributed by atoms with Gasteiger partial charge >= 0.3 is 11.9 Å². The minimum atomic E-state index is -1.78. The first-order valence-electron chi connectivity index (χ1n) is 7.40. The maximum absolute atomic E-state index is 12.5. The fraction of sp³-hybridized carbons (Fsp3) is 0.222. The van der Waals surface area contributed by atoms with Gasteiger partial charge in [-0.1, -0.05) is 60.7 Å². The van der Waals surface area contributed by atoms with Crippen LogP contribution in [0, 0.1) is 0 Å². The van der Waals surface area contributed by atoms with Gasteiger partial charge in [0, 0.05) is 6.42 Å². The van der Waals surface area contributed by atoms with Gasteiger partial charge in [-0.25, -0.2) is 9.59 Å². The number of carboxylic acid groups (broad SMARTS) is 1. The van der Waals surface area contributed by atoms with Gasteiger partial charge < -0.3 is 20.7 Å². The number of aliphatic hydroxyl groups is 1. The summed E-state index contributed by atoms with van der Waals surface area (Å²) >= 11 is 0. The van der Waals surface area contributed by atoms with E-state index in [0.29, 0.717) is 5.56 Å². The summed E-state index contributed by atoms with van der Waals surface area (Å²) in [5.74, 6) is -2.24. The molecule has 2 unspecified atom stereocenters. The van der Waals surface area contributed by atoms with Crippen molar-refractivity contribution in [2.45, 2.75) is 24.7 Å². The topological polar surface area (TPSA) is 110 Å². The van der Waals surface area contributed by atoms with Crippen molar-refractivity contribution < 1.29 is 24.5 Å². The second-order valence-electron chi connectivity index (χ2n) is 5.46. The number of rotatable bonds is 7. The zero-order valence-corrected chi connectivity index (χ0v) is 13.0.